The van der Waals surface area contributed by atoms with E-state index in [9.17, 15) is 0 Å². The van der Waals surface area contributed by atoms with Crippen molar-refractivity contribution < 1.29 is 9.26 Å². The van der Waals surface area contributed by atoms with Gasteiger partial charge in [0.25, 0.3) is 0 Å². The van der Waals surface area contributed by atoms with Gasteiger partial charge in [0.15, 0.2) is 5.96 Å². The first-order valence-electron chi connectivity index (χ1n) is 9.62. The molecule has 2 N–H and O–H groups in total. The highest BCUT2D eigenvalue weighted by Crippen LogP contribution is 2.19. The number of aromatic nitrogens is 1. The monoisotopic (exact) mass is 372 g/mol. The molecule has 1 aromatic heterocycles. The molecule has 6 nitrogen and oxygen atoms in total. The fourth-order valence-corrected chi connectivity index (χ4v) is 2.99. The van der Waals surface area contributed by atoms with E-state index in [1.54, 1.807) is 7.11 Å². The molecule has 0 unspecified atom stereocenters. The number of hydrogen-bond donors (Lipinski definition) is 2. The van der Waals surface area contributed by atoms with Crippen LogP contribution >= 0.6 is 0 Å². The van der Waals surface area contributed by atoms with Gasteiger partial charge in [-0.2, -0.15) is 0 Å². The molecule has 0 radical (unpaired) electrons. The van der Waals surface area contributed by atoms with Crippen molar-refractivity contribution in [3.63, 3.8) is 0 Å². The molecule has 27 heavy (non-hydrogen) atoms. The van der Waals surface area contributed by atoms with Gasteiger partial charge in [0.05, 0.1) is 12.8 Å². The van der Waals surface area contributed by atoms with Crippen molar-refractivity contribution in [2.75, 3.05) is 26.7 Å². The van der Waals surface area contributed by atoms with Crippen molar-refractivity contribution in [3.8, 4) is 5.75 Å². The molecule has 0 aliphatic carbocycles. The number of methoxy groups -OCH3 is 1. The van der Waals surface area contributed by atoms with Gasteiger partial charge in [-0.05, 0) is 64.2 Å². The molecular weight excluding hydrogens is 340 g/mol. The van der Waals surface area contributed by atoms with Crippen LogP contribution in [0.3, 0.4) is 0 Å². The Morgan fingerprint density at radius 1 is 1.19 bits per heavy atom. The van der Waals surface area contributed by atoms with Crippen LogP contribution in [-0.4, -0.2) is 37.9 Å². The minimum atomic E-state index is 0.762. The number of ether oxygens (including phenoxy) is 1. The topological polar surface area (TPSA) is 71.7 Å². The number of aryl methyl sites for hydroxylation is 3. The maximum absolute atomic E-state index is 5.40. The molecule has 148 valence electrons. The maximum Gasteiger partial charge on any atom is 0.191 e. The van der Waals surface area contributed by atoms with Crippen molar-refractivity contribution in [2.24, 2.45) is 4.99 Å². The van der Waals surface area contributed by atoms with E-state index in [0.29, 0.717) is 0 Å². The third-order valence-electron chi connectivity index (χ3n) is 4.56. The number of aliphatic imine (C=N–C) groups is 1. The molecule has 1 heterocycles. The Kier molecular flexibility index (Phi) is 8.17. The van der Waals surface area contributed by atoms with Gasteiger partial charge in [-0.25, -0.2) is 0 Å². The Bertz CT molecular complexity index is 733. The average Bonchev–Trinajstić information content (AvgIpc) is 2.98. The third kappa shape index (κ3) is 6.31. The number of rotatable bonds is 9. The summed E-state index contributed by atoms with van der Waals surface area (Å²) >= 11 is 0. The van der Waals surface area contributed by atoms with Crippen LogP contribution < -0.4 is 15.4 Å². The molecule has 1 aromatic carbocycles. The van der Waals surface area contributed by atoms with Crippen LogP contribution in [0.2, 0.25) is 0 Å². The highest BCUT2D eigenvalue weighted by atomic mass is 16.5. The lowest BCUT2D eigenvalue weighted by Crippen LogP contribution is -2.38. The quantitative estimate of drug-likeness (QED) is 0.401. The van der Waals surface area contributed by atoms with E-state index >= 15 is 0 Å². The van der Waals surface area contributed by atoms with Gasteiger partial charge < -0.3 is 19.9 Å². The number of nitrogens with zero attached hydrogens (tertiary/aromatic N) is 2. The van der Waals surface area contributed by atoms with E-state index in [0.717, 1.165) is 67.6 Å². The summed E-state index contributed by atoms with van der Waals surface area (Å²) in [6.07, 6.45) is 2.82. The van der Waals surface area contributed by atoms with Crippen molar-refractivity contribution in [2.45, 2.75) is 47.0 Å². The summed E-state index contributed by atoms with van der Waals surface area (Å²) < 4.78 is 10.6. The minimum Gasteiger partial charge on any atom is -0.496 e. The van der Waals surface area contributed by atoms with E-state index in [2.05, 4.69) is 52.8 Å². The highest BCUT2D eigenvalue weighted by Gasteiger charge is 2.08. The molecule has 0 bridgehead atoms. The molecule has 6 heteroatoms. The predicted octanol–water partition coefficient (Wildman–Crippen LogP) is 3.34. The zero-order valence-electron chi connectivity index (χ0n) is 17.2. The van der Waals surface area contributed by atoms with Crippen molar-refractivity contribution in [1.29, 1.82) is 0 Å². The van der Waals surface area contributed by atoms with Gasteiger partial charge in [-0.1, -0.05) is 17.3 Å². The van der Waals surface area contributed by atoms with Crippen molar-refractivity contribution in [1.82, 2.24) is 15.8 Å². The smallest absolute Gasteiger partial charge is 0.191 e. The van der Waals surface area contributed by atoms with Gasteiger partial charge in [-0.15, -0.1) is 0 Å². The van der Waals surface area contributed by atoms with Crippen LogP contribution in [0.5, 0.6) is 5.75 Å². The standard InChI is InChI=1S/C21H32N4O2/c1-6-22-21(23-12-7-8-19-16(3)25-27-17(19)4)24-13-11-18-10-9-15(2)20(14-18)26-5/h9-10,14H,6-8,11-13H2,1-5H3,(H2,22,23,24). The number of guanidine groups is 1. The van der Waals surface area contributed by atoms with Gasteiger partial charge >= 0.3 is 0 Å². The maximum atomic E-state index is 5.40. The van der Waals surface area contributed by atoms with Crippen LogP contribution in [0.15, 0.2) is 27.7 Å². The Hall–Kier alpha value is -2.50. The lowest BCUT2D eigenvalue weighted by atomic mass is 10.1. The second-order valence-electron chi connectivity index (χ2n) is 6.65. The molecule has 2 aromatic rings. The van der Waals surface area contributed by atoms with Crippen LogP contribution in [0.1, 0.15) is 41.5 Å². The Balaban J connectivity index is 1.81. The van der Waals surface area contributed by atoms with Gasteiger partial charge in [0, 0.05) is 25.2 Å². The normalized spacial score (nSPS) is 11.5. The molecular formula is C21H32N4O2. The minimum absolute atomic E-state index is 0.762. The summed E-state index contributed by atoms with van der Waals surface area (Å²) in [6.45, 7) is 10.5. The molecule has 2 rings (SSSR count). The molecule has 0 aliphatic heterocycles. The molecule has 0 amide bonds. The largest absolute Gasteiger partial charge is 0.496 e. The second-order valence-corrected chi connectivity index (χ2v) is 6.65. The molecule has 0 saturated carbocycles. The lowest BCUT2D eigenvalue weighted by Gasteiger charge is -2.12. The molecule has 0 atom stereocenters. The first-order valence-corrected chi connectivity index (χ1v) is 9.62. The lowest BCUT2D eigenvalue weighted by molar-refractivity contribution is 0.392. The summed E-state index contributed by atoms with van der Waals surface area (Å²) in [5.74, 6) is 2.71. The zero-order chi connectivity index (χ0) is 19.6. The average molecular weight is 373 g/mol. The van der Waals surface area contributed by atoms with E-state index in [4.69, 9.17) is 9.26 Å². The Morgan fingerprint density at radius 2 is 2.00 bits per heavy atom. The van der Waals surface area contributed by atoms with E-state index in [1.165, 1.54) is 11.1 Å². The van der Waals surface area contributed by atoms with Crippen molar-refractivity contribution >= 4 is 5.96 Å². The number of benzene rings is 1. The number of hydrogen-bond acceptors (Lipinski definition) is 4. The van der Waals surface area contributed by atoms with Crippen LogP contribution in [0.4, 0.5) is 0 Å². The van der Waals surface area contributed by atoms with Crippen LogP contribution in [0, 0.1) is 20.8 Å². The summed E-state index contributed by atoms with van der Waals surface area (Å²) in [7, 11) is 1.71. The summed E-state index contributed by atoms with van der Waals surface area (Å²) in [6, 6.07) is 6.35. The highest BCUT2D eigenvalue weighted by molar-refractivity contribution is 5.79. The molecule has 0 fully saturated rings. The predicted molar refractivity (Wildman–Crippen MR) is 110 cm³/mol. The Morgan fingerprint density at radius 3 is 2.67 bits per heavy atom. The number of nitrogens with one attached hydrogen (secondary N) is 2. The summed E-state index contributed by atoms with van der Waals surface area (Å²) in [4.78, 5) is 4.67. The second kappa shape index (κ2) is 10.6. The fourth-order valence-electron chi connectivity index (χ4n) is 2.99. The van der Waals surface area contributed by atoms with Crippen LogP contribution in [0.25, 0.3) is 0 Å². The zero-order valence-corrected chi connectivity index (χ0v) is 17.2. The van der Waals surface area contributed by atoms with Crippen molar-refractivity contribution in [3.05, 3.63) is 46.3 Å². The Labute approximate surface area is 162 Å². The van der Waals surface area contributed by atoms with Gasteiger partial charge in [0.1, 0.15) is 11.5 Å². The molecule has 0 aliphatic rings. The van der Waals surface area contributed by atoms with Crippen LogP contribution in [-0.2, 0) is 12.8 Å². The summed E-state index contributed by atoms with van der Waals surface area (Å²) in [5.41, 5.74) is 4.59. The van der Waals surface area contributed by atoms with E-state index < -0.39 is 0 Å². The SMILES string of the molecule is CCNC(=NCCCc1c(C)noc1C)NCCc1ccc(C)c(OC)c1. The first-order chi connectivity index (χ1) is 13.0. The molecule has 0 saturated heterocycles. The summed E-state index contributed by atoms with van der Waals surface area (Å²) in [5, 5.41) is 10.7. The van der Waals surface area contributed by atoms with Gasteiger partial charge in [0.2, 0.25) is 0 Å². The van der Waals surface area contributed by atoms with E-state index in [1.807, 2.05) is 13.8 Å². The fraction of sp³-hybridized carbons (Fsp3) is 0.524. The van der Waals surface area contributed by atoms with E-state index in [-0.39, 0.29) is 0 Å². The van der Waals surface area contributed by atoms with Gasteiger partial charge in [-0.3, -0.25) is 4.99 Å². The first kappa shape index (κ1) is 20.8. The molecule has 0 spiro atoms. The third-order valence-corrected chi connectivity index (χ3v) is 4.56.